The minimum absolute atomic E-state index is 0.196. The first kappa shape index (κ1) is 17.0. The highest BCUT2D eigenvalue weighted by atomic mass is 16.5. The van der Waals surface area contributed by atoms with E-state index in [1.54, 1.807) is 17.3 Å². The van der Waals surface area contributed by atoms with Crippen LogP contribution < -0.4 is 10.1 Å². The van der Waals surface area contributed by atoms with Gasteiger partial charge in [0.2, 0.25) is 0 Å². The number of ether oxygens (including phenoxy) is 1. The van der Waals surface area contributed by atoms with Gasteiger partial charge < -0.3 is 9.64 Å². The maximum absolute atomic E-state index is 12.8. The first-order valence-electron chi connectivity index (χ1n) is 8.85. The lowest BCUT2D eigenvalue weighted by Gasteiger charge is -2.20. The third-order valence-corrected chi connectivity index (χ3v) is 4.52. The van der Waals surface area contributed by atoms with Gasteiger partial charge in [-0.2, -0.15) is 0 Å². The molecule has 0 atom stereocenters. The summed E-state index contributed by atoms with van der Waals surface area (Å²) in [5, 5.41) is 2.90. The third kappa shape index (κ3) is 3.74. The highest BCUT2D eigenvalue weighted by molar-refractivity contribution is 5.89. The predicted molar refractivity (Wildman–Crippen MR) is 104 cm³/mol. The van der Waals surface area contributed by atoms with E-state index in [0.29, 0.717) is 25.5 Å². The molecule has 0 saturated carbocycles. The largest absolute Gasteiger partial charge is 0.491 e. The fraction of sp³-hybridized carbons (Fsp3) is 0.190. The second kappa shape index (κ2) is 7.45. The number of benzene rings is 1. The van der Waals surface area contributed by atoms with E-state index in [1.165, 1.54) is 0 Å². The van der Waals surface area contributed by atoms with Crippen LogP contribution >= 0.6 is 0 Å². The van der Waals surface area contributed by atoms with Gasteiger partial charge in [0.1, 0.15) is 18.2 Å². The molecule has 0 unspecified atom stereocenters. The minimum atomic E-state index is -0.196. The summed E-state index contributed by atoms with van der Waals surface area (Å²) in [6, 6.07) is 15.2. The number of hydrogen-bond acceptors (Lipinski definition) is 4. The van der Waals surface area contributed by atoms with Crippen molar-refractivity contribution in [1.29, 1.82) is 0 Å². The molecule has 136 valence electrons. The van der Waals surface area contributed by atoms with Crippen LogP contribution in [0.2, 0.25) is 0 Å². The number of para-hydroxylation sites is 1. The van der Waals surface area contributed by atoms with Crippen molar-refractivity contribution < 1.29 is 9.53 Å². The SMILES string of the molecule is Cc1cnc(NC(=O)N2CCOc3ccccc3C2)cc1-c1ccccn1. The maximum atomic E-state index is 12.8. The lowest BCUT2D eigenvalue weighted by atomic mass is 10.1. The molecule has 0 spiro atoms. The van der Waals surface area contributed by atoms with Crippen LogP contribution in [0.3, 0.4) is 0 Å². The fourth-order valence-corrected chi connectivity index (χ4v) is 3.08. The summed E-state index contributed by atoms with van der Waals surface area (Å²) in [7, 11) is 0. The van der Waals surface area contributed by atoms with Crippen molar-refractivity contribution in [1.82, 2.24) is 14.9 Å². The van der Waals surface area contributed by atoms with Crippen molar-refractivity contribution in [3.63, 3.8) is 0 Å². The summed E-state index contributed by atoms with van der Waals surface area (Å²) >= 11 is 0. The van der Waals surface area contributed by atoms with Crippen molar-refractivity contribution in [2.45, 2.75) is 13.5 Å². The lowest BCUT2D eigenvalue weighted by Crippen LogP contribution is -2.36. The van der Waals surface area contributed by atoms with Crippen LogP contribution in [0.25, 0.3) is 11.3 Å². The number of amides is 2. The predicted octanol–water partition coefficient (Wildman–Crippen LogP) is 3.88. The molecule has 1 aliphatic rings. The summed E-state index contributed by atoms with van der Waals surface area (Å²) in [5.41, 5.74) is 3.80. The molecular weight excluding hydrogens is 340 g/mol. The highest BCUT2D eigenvalue weighted by Gasteiger charge is 2.20. The Morgan fingerprint density at radius 3 is 2.85 bits per heavy atom. The normalized spacial score (nSPS) is 13.3. The Balaban J connectivity index is 1.53. The number of anilines is 1. The van der Waals surface area contributed by atoms with Gasteiger partial charge in [0.05, 0.1) is 18.8 Å². The van der Waals surface area contributed by atoms with Crippen molar-refractivity contribution >= 4 is 11.8 Å². The Morgan fingerprint density at radius 2 is 2.00 bits per heavy atom. The number of aryl methyl sites for hydroxylation is 1. The van der Waals surface area contributed by atoms with Gasteiger partial charge in [-0.15, -0.1) is 0 Å². The van der Waals surface area contributed by atoms with E-state index in [2.05, 4.69) is 15.3 Å². The molecule has 2 aromatic heterocycles. The maximum Gasteiger partial charge on any atom is 0.323 e. The van der Waals surface area contributed by atoms with Gasteiger partial charge in [-0.25, -0.2) is 9.78 Å². The van der Waals surface area contributed by atoms with Gasteiger partial charge in [-0.3, -0.25) is 10.3 Å². The number of hydrogen-bond donors (Lipinski definition) is 1. The Kier molecular flexibility index (Phi) is 4.70. The number of pyridine rings is 2. The van der Waals surface area contributed by atoms with Gasteiger partial charge in [-0.1, -0.05) is 24.3 Å². The monoisotopic (exact) mass is 360 g/mol. The number of fused-ring (bicyclic) bond motifs is 1. The Bertz CT molecular complexity index is 959. The molecule has 4 rings (SSSR count). The molecule has 1 N–H and O–H groups in total. The van der Waals surface area contributed by atoms with Crippen molar-refractivity contribution in [2.75, 3.05) is 18.5 Å². The minimum Gasteiger partial charge on any atom is -0.491 e. The summed E-state index contributed by atoms with van der Waals surface area (Å²) in [5.74, 6) is 1.34. The number of aromatic nitrogens is 2. The molecular formula is C21H20N4O2. The Hall–Kier alpha value is -3.41. The van der Waals surface area contributed by atoms with E-state index in [-0.39, 0.29) is 6.03 Å². The Morgan fingerprint density at radius 1 is 1.15 bits per heavy atom. The number of urea groups is 1. The van der Waals surface area contributed by atoms with Crippen LogP contribution in [0.5, 0.6) is 5.75 Å². The fourth-order valence-electron chi connectivity index (χ4n) is 3.08. The van der Waals surface area contributed by atoms with Gasteiger partial charge in [0.25, 0.3) is 0 Å². The van der Waals surface area contributed by atoms with E-state index in [9.17, 15) is 4.79 Å². The molecule has 0 aliphatic carbocycles. The highest BCUT2D eigenvalue weighted by Crippen LogP contribution is 2.25. The van der Waals surface area contributed by atoms with Gasteiger partial charge >= 0.3 is 6.03 Å². The molecule has 1 aliphatic heterocycles. The molecule has 0 radical (unpaired) electrons. The molecule has 0 bridgehead atoms. The molecule has 2 amide bonds. The molecule has 3 aromatic rings. The number of nitrogens with one attached hydrogen (secondary N) is 1. The molecule has 3 heterocycles. The van der Waals surface area contributed by atoms with E-state index >= 15 is 0 Å². The summed E-state index contributed by atoms with van der Waals surface area (Å²) in [6.45, 7) is 3.46. The van der Waals surface area contributed by atoms with Crippen molar-refractivity contribution in [3.05, 3.63) is 72.1 Å². The van der Waals surface area contributed by atoms with Crippen LogP contribution in [-0.4, -0.2) is 34.1 Å². The quantitative estimate of drug-likeness (QED) is 0.753. The average Bonchev–Trinajstić information content (AvgIpc) is 2.93. The van der Waals surface area contributed by atoms with E-state index in [1.807, 2.05) is 55.5 Å². The number of nitrogens with zero attached hydrogens (tertiary/aromatic N) is 3. The molecule has 27 heavy (non-hydrogen) atoms. The zero-order valence-electron chi connectivity index (χ0n) is 15.1. The van der Waals surface area contributed by atoms with Crippen LogP contribution in [0.1, 0.15) is 11.1 Å². The topological polar surface area (TPSA) is 67.4 Å². The number of carbonyl (C=O) groups excluding carboxylic acids is 1. The standard InChI is InChI=1S/C21H20N4O2/c1-15-13-23-20(12-17(15)18-7-4-5-9-22-18)24-21(26)25-10-11-27-19-8-3-2-6-16(19)14-25/h2-9,12-13H,10-11,14H2,1H3,(H,23,24,26). The zero-order chi connectivity index (χ0) is 18.6. The second-order valence-electron chi connectivity index (χ2n) is 6.41. The molecule has 0 saturated heterocycles. The van der Waals surface area contributed by atoms with Crippen molar-refractivity contribution in [3.8, 4) is 17.0 Å². The van der Waals surface area contributed by atoms with Crippen LogP contribution in [-0.2, 0) is 6.54 Å². The Labute approximate surface area is 157 Å². The molecule has 6 nitrogen and oxygen atoms in total. The third-order valence-electron chi connectivity index (χ3n) is 4.52. The first-order chi connectivity index (χ1) is 13.2. The van der Waals surface area contributed by atoms with E-state index in [4.69, 9.17) is 4.74 Å². The smallest absolute Gasteiger partial charge is 0.323 e. The summed E-state index contributed by atoms with van der Waals surface area (Å²) in [4.78, 5) is 23.2. The van der Waals surface area contributed by atoms with Crippen LogP contribution in [0.4, 0.5) is 10.6 Å². The van der Waals surface area contributed by atoms with Gasteiger partial charge in [0.15, 0.2) is 0 Å². The molecule has 1 aromatic carbocycles. The second-order valence-corrected chi connectivity index (χ2v) is 6.41. The van der Waals surface area contributed by atoms with Gasteiger partial charge in [0, 0.05) is 23.5 Å². The van der Waals surface area contributed by atoms with Crippen molar-refractivity contribution in [2.24, 2.45) is 0 Å². The zero-order valence-corrected chi connectivity index (χ0v) is 15.1. The van der Waals surface area contributed by atoms with E-state index in [0.717, 1.165) is 28.1 Å². The first-order valence-corrected chi connectivity index (χ1v) is 8.85. The summed E-state index contributed by atoms with van der Waals surface area (Å²) in [6.07, 6.45) is 3.50. The van der Waals surface area contributed by atoms with Gasteiger partial charge in [-0.05, 0) is 36.8 Å². The number of carbonyl (C=O) groups is 1. The lowest BCUT2D eigenvalue weighted by molar-refractivity contribution is 0.200. The van der Waals surface area contributed by atoms with Crippen LogP contribution in [0, 0.1) is 6.92 Å². The summed E-state index contributed by atoms with van der Waals surface area (Å²) < 4.78 is 5.73. The van der Waals surface area contributed by atoms with E-state index < -0.39 is 0 Å². The average molecular weight is 360 g/mol. The number of rotatable bonds is 2. The molecule has 0 fully saturated rings. The van der Waals surface area contributed by atoms with Crippen LogP contribution in [0.15, 0.2) is 60.9 Å². The molecule has 6 heteroatoms.